The van der Waals surface area contributed by atoms with Gasteiger partial charge in [0.2, 0.25) is 5.16 Å². The number of nitrogens with zero attached hydrogens (tertiary/aromatic N) is 5. The van der Waals surface area contributed by atoms with Gasteiger partial charge in [0, 0.05) is 28.2 Å². The molecule has 3 heterocycles. The van der Waals surface area contributed by atoms with Gasteiger partial charge < -0.3 is 4.42 Å². The summed E-state index contributed by atoms with van der Waals surface area (Å²) < 4.78 is 7.72. The fraction of sp³-hybridized carbons (Fsp3) is 0.0455. The number of benzene rings is 2. The van der Waals surface area contributed by atoms with Crippen LogP contribution in [0.4, 0.5) is 5.69 Å². The van der Waals surface area contributed by atoms with E-state index in [1.165, 1.54) is 23.9 Å². The van der Waals surface area contributed by atoms with E-state index < -0.39 is 4.92 Å². The highest BCUT2D eigenvalue weighted by molar-refractivity contribution is 8.04. The highest BCUT2D eigenvalue weighted by Gasteiger charge is 2.23. The van der Waals surface area contributed by atoms with Gasteiger partial charge in [0.15, 0.2) is 5.82 Å². The van der Waals surface area contributed by atoms with Gasteiger partial charge in [-0.05, 0) is 49.0 Å². The SMILES string of the molecule is Cc1nnc2n1N=C(c1ccccc1)/C(=C\c1ccc(-c3ccc([N+](=O)[O-])cc3)o1)S2. The number of nitro groups is 1. The minimum atomic E-state index is -0.424. The van der Waals surface area contributed by atoms with Gasteiger partial charge in [-0.15, -0.1) is 10.2 Å². The maximum absolute atomic E-state index is 10.9. The number of thioether (sulfide) groups is 1. The fourth-order valence-electron chi connectivity index (χ4n) is 3.17. The summed E-state index contributed by atoms with van der Waals surface area (Å²) in [5.41, 5.74) is 2.58. The number of furan rings is 1. The first-order valence-electron chi connectivity index (χ1n) is 9.39. The van der Waals surface area contributed by atoms with Crippen LogP contribution < -0.4 is 0 Å². The number of aryl methyl sites for hydroxylation is 1. The molecule has 0 N–H and O–H groups in total. The summed E-state index contributed by atoms with van der Waals surface area (Å²) in [4.78, 5) is 11.3. The van der Waals surface area contributed by atoms with Crippen molar-refractivity contribution in [1.29, 1.82) is 0 Å². The number of fused-ring (bicyclic) bond motifs is 1. The highest BCUT2D eigenvalue weighted by Crippen LogP contribution is 2.35. The van der Waals surface area contributed by atoms with E-state index in [0.717, 1.165) is 21.7 Å². The lowest BCUT2D eigenvalue weighted by atomic mass is 10.1. The van der Waals surface area contributed by atoms with Gasteiger partial charge in [-0.2, -0.15) is 9.78 Å². The lowest BCUT2D eigenvalue weighted by molar-refractivity contribution is -0.384. The molecule has 0 amide bonds. The van der Waals surface area contributed by atoms with Crippen LogP contribution in [0, 0.1) is 17.0 Å². The molecule has 0 aliphatic carbocycles. The maximum atomic E-state index is 10.9. The number of aromatic nitrogens is 3. The lowest BCUT2D eigenvalue weighted by Gasteiger charge is -2.16. The van der Waals surface area contributed by atoms with Crippen LogP contribution in [-0.4, -0.2) is 25.5 Å². The van der Waals surface area contributed by atoms with Gasteiger partial charge in [-0.3, -0.25) is 10.1 Å². The molecule has 0 spiro atoms. The van der Waals surface area contributed by atoms with Gasteiger partial charge in [0.25, 0.3) is 5.69 Å². The van der Waals surface area contributed by atoms with Gasteiger partial charge in [-0.1, -0.05) is 30.3 Å². The van der Waals surface area contributed by atoms with Crippen molar-refractivity contribution in [1.82, 2.24) is 14.9 Å². The zero-order chi connectivity index (χ0) is 21.4. The Labute approximate surface area is 181 Å². The molecule has 0 fully saturated rings. The Kier molecular flexibility index (Phi) is 4.72. The normalized spacial score (nSPS) is 14.4. The molecule has 1 aliphatic rings. The fourth-order valence-corrected chi connectivity index (χ4v) is 4.14. The molecule has 2 aromatic heterocycles. The van der Waals surface area contributed by atoms with Crippen LogP contribution in [0.15, 0.2) is 86.3 Å². The van der Waals surface area contributed by atoms with E-state index in [1.807, 2.05) is 55.5 Å². The van der Waals surface area contributed by atoms with Crippen molar-refractivity contribution in [3.8, 4) is 11.3 Å². The quantitative estimate of drug-likeness (QED) is 0.328. The van der Waals surface area contributed by atoms with E-state index >= 15 is 0 Å². The Bertz CT molecular complexity index is 1340. The smallest absolute Gasteiger partial charge is 0.269 e. The van der Waals surface area contributed by atoms with Crippen LogP contribution >= 0.6 is 11.8 Å². The van der Waals surface area contributed by atoms with Crippen molar-refractivity contribution in [2.45, 2.75) is 12.1 Å². The van der Waals surface area contributed by atoms with E-state index in [1.54, 1.807) is 16.8 Å². The molecular formula is C22H15N5O3S. The molecule has 0 bridgehead atoms. The number of non-ortho nitro benzene ring substituents is 1. The highest BCUT2D eigenvalue weighted by atomic mass is 32.2. The lowest BCUT2D eigenvalue weighted by Crippen LogP contribution is -2.12. The summed E-state index contributed by atoms with van der Waals surface area (Å²) >= 11 is 1.47. The summed E-state index contributed by atoms with van der Waals surface area (Å²) in [6.07, 6.45) is 1.92. The first-order valence-corrected chi connectivity index (χ1v) is 10.2. The van der Waals surface area contributed by atoms with Gasteiger partial charge >= 0.3 is 0 Å². The van der Waals surface area contributed by atoms with E-state index in [0.29, 0.717) is 22.5 Å². The van der Waals surface area contributed by atoms with Crippen LogP contribution in [0.3, 0.4) is 0 Å². The Balaban J connectivity index is 1.52. The molecule has 1 aliphatic heterocycles. The minimum absolute atomic E-state index is 0.0411. The zero-order valence-electron chi connectivity index (χ0n) is 16.3. The van der Waals surface area contributed by atoms with Crippen LogP contribution in [0.2, 0.25) is 0 Å². The number of rotatable bonds is 4. The third-order valence-corrected chi connectivity index (χ3v) is 5.68. The molecule has 0 saturated carbocycles. The van der Waals surface area contributed by atoms with Crippen molar-refractivity contribution >= 4 is 29.2 Å². The summed E-state index contributed by atoms with van der Waals surface area (Å²) in [6.45, 7) is 1.86. The molecule has 5 rings (SSSR count). The monoisotopic (exact) mass is 429 g/mol. The standard InChI is InChI=1S/C22H15N5O3S/c1-14-23-24-22-26(14)25-21(16-5-3-2-4-6-16)20(31-22)13-18-11-12-19(30-18)15-7-9-17(10-8-15)27(28)29/h2-13H,1H3/b20-13+. The number of hydrogen-bond donors (Lipinski definition) is 0. The molecule has 0 unspecified atom stereocenters. The Morgan fingerprint density at radius 3 is 2.52 bits per heavy atom. The van der Waals surface area contributed by atoms with Crippen molar-refractivity contribution in [3.63, 3.8) is 0 Å². The molecule has 8 nitrogen and oxygen atoms in total. The number of allylic oxidation sites excluding steroid dienone is 1. The van der Waals surface area contributed by atoms with Gasteiger partial charge in [-0.25, -0.2) is 0 Å². The topological polar surface area (TPSA) is 99.3 Å². The molecule has 9 heteroatoms. The van der Waals surface area contributed by atoms with E-state index in [2.05, 4.69) is 10.2 Å². The molecular weight excluding hydrogens is 414 g/mol. The second-order valence-electron chi connectivity index (χ2n) is 6.77. The molecule has 0 saturated heterocycles. The Hall–Kier alpha value is -3.98. The second-order valence-corrected chi connectivity index (χ2v) is 7.78. The second kappa shape index (κ2) is 7.69. The average Bonchev–Trinajstić information content (AvgIpc) is 3.40. The predicted octanol–water partition coefficient (Wildman–Crippen LogP) is 5.15. The molecule has 2 aromatic carbocycles. The Morgan fingerprint density at radius 2 is 1.77 bits per heavy atom. The summed E-state index contributed by atoms with van der Waals surface area (Å²) in [6, 6.07) is 19.9. The van der Waals surface area contributed by atoms with E-state index in [4.69, 9.17) is 9.52 Å². The van der Waals surface area contributed by atoms with E-state index in [-0.39, 0.29) is 5.69 Å². The number of nitro benzene ring substituents is 1. The molecule has 31 heavy (non-hydrogen) atoms. The van der Waals surface area contributed by atoms with Crippen molar-refractivity contribution in [2.75, 3.05) is 0 Å². The van der Waals surface area contributed by atoms with Crippen LogP contribution in [0.25, 0.3) is 17.4 Å². The van der Waals surface area contributed by atoms with Gasteiger partial charge in [0.1, 0.15) is 17.2 Å². The average molecular weight is 429 g/mol. The Morgan fingerprint density at radius 1 is 1.00 bits per heavy atom. The zero-order valence-corrected chi connectivity index (χ0v) is 17.1. The van der Waals surface area contributed by atoms with Crippen molar-refractivity contribution in [2.24, 2.45) is 5.10 Å². The predicted molar refractivity (Wildman–Crippen MR) is 118 cm³/mol. The summed E-state index contributed by atoms with van der Waals surface area (Å²) in [5.74, 6) is 1.98. The van der Waals surface area contributed by atoms with E-state index in [9.17, 15) is 10.1 Å². The molecule has 152 valence electrons. The third-order valence-electron chi connectivity index (χ3n) is 4.71. The largest absolute Gasteiger partial charge is 0.457 e. The van der Waals surface area contributed by atoms with Crippen molar-refractivity contribution in [3.05, 3.63) is 98.9 Å². The molecule has 4 aromatic rings. The van der Waals surface area contributed by atoms with Crippen LogP contribution in [0.5, 0.6) is 0 Å². The maximum Gasteiger partial charge on any atom is 0.269 e. The molecule has 0 radical (unpaired) electrons. The molecule has 0 atom stereocenters. The minimum Gasteiger partial charge on any atom is -0.457 e. The third kappa shape index (κ3) is 3.66. The number of hydrogen-bond acceptors (Lipinski definition) is 7. The summed E-state index contributed by atoms with van der Waals surface area (Å²) in [7, 11) is 0. The van der Waals surface area contributed by atoms with Gasteiger partial charge in [0.05, 0.1) is 4.92 Å². The van der Waals surface area contributed by atoms with Crippen LogP contribution in [-0.2, 0) is 0 Å². The van der Waals surface area contributed by atoms with Crippen molar-refractivity contribution < 1.29 is 9.34 Å². The van der Waals surface area contributed by atoms with Crippen LogP contribution in [0.1, 0.15) is 17.1 Å². The first-order chi connectivity index (χ1) is 15.1. The summed E-state index contributed by atoms with van der Waals surface area (Å²) in [5, 5.41) is 24.6. The first kappa shape index (κ1) is 19.0.